The number of fused-ring (bicyclic) bond motifs is 1. The van der Waals surface area contributed by atoms with Crippen molar-refractivity contribution in [3.05, 3.63) is 78.2 Å². The van der Waals surface area contributed by atoms with E-state index >= 15 is 0 Å². The molecular weight excluding hydrogens is 364 g/mol. The van der Waals surface area contributed by atoms with Gasteiger partial charge in [-0.1, -0.05) is 60.7 Å². The highest BCUT2D eigenvalue weighted by Crippen LogP contribution is 2.28. The fraction of sp³-hybridized carbons (Fsp3) is 0.182. The number of nitrogens with one attached hydrogen (secondary N) is 1. The van der Waals surface area contributed by atoms with Crippen molar-refractivity contribution >= 4 is 5.91 Å². The van der Waals surface area contributed by atoms with E-state index in [1.165, 1.54) is 0 Å². The topological polar surface area (TPSA) is 79.7 Å². The Bertz CT molecular complexity index is 1150. The molecule has 0 fully saturated rings. The first kappa shape index (κ1) is 17.4. The molecule has 0 bridgehead atoms. The van der Waals surface area contributed by atoms with E-state index in [1.807, 2.05) is 77.2 Å². The van der Waals surface area contributed by atoms with Crippen LogP contribution in [0.2, 0.25) is 0 Å². The van der Waals surface area contributed by atoms with E-state index in [0.717, 1.165) is 22.6 Å². The number of H-pyrrole nitrogens is 1. The Balaban J connectivity index is 1.40. The monoisotopic (exact) mass is 384 g/mol. The molecule has 1 atom stereocenters. The van der Waals surface area contributed by atoms with Crippen molar-refractivity contribution in [1.29, 1.82) is 0 Å². The number of carbonyl (C=O) groups excluding carboxylic acids is 1. The van der Waals surface area contributed by atoms with Gasteiger partial charge in [-0.25, -0.2) is 9.67 Å². The fourth-order valence-corrected chi connectivity index (χ4v) is 3.69. The van der Waals surface area contributed by atoms with Gasteiger partial charge in [0.25, 0.3) is 5.91 Å². The van der Waals surface area contributed by atoms with E-state index in [4.69, 9.17) is 4.98 Å². The zero-order chi connectivity index (χ0) is 19.8. The normalized spacial score (nSPS) is 15.9. The van der Waals surface area contributed by atoms with Gasteiger partial charge in [-0.2, -0.15) is 10.2 Å². The molecule has 2 aromatic carbocycles. The molecule has 1 aliphatic heterocycles. The quantitative estimate of drug-likeness (QED) is 0.586. The van der Waals surface area contributed by atoms with Crippen LogP contribution in [0.25, 0.3) is 22.6 Å². The van der Waals surface area contributed by atoms with Crippen LogP contribution < -0.4 is 0 Å². The molecule has 5 rings (SSSR count). The van der Waals surface area contributed by atoms with Crippen LogP contribution in [0.4, 0.5) is 0 Å². The van der Waals surface area contributed by atoms with Crippen LogP contribution in [-0.2, 0) is 6.54 Å². The highest BCUT2D eigenvalue weighted by atomic mass is 16.2. The number of hydrogen-bond acceptors (Lipinski definition) is 4. The predicted molar refractivity (Wildman–Crippen MR) is 109 cm³/mol. The lowest BCUT2D eigenvalue weighted by molar-refractivity contribution is 0.0624. The molecule has 7 heteroatoms. The molecule has 4 aromatic rings. The Morgan fingerprint density at radius 1 is 1.00 bits per heavy atom. The molecule has 1 aliphatic rings. The van der Waals surface area contributed by atoms with Gasteiger partial charge in [0.1, 0.15) is 11.5 Å². The molecule has 2 aromatic heterocycles. The van der Waals surface area contributed by atoms with Crippen molar-refractivity contribution in [2.45, 2.75) is 19.5 Å². The number of benzene rings is 2. The molecule has 0 aliphatic carbocycles. The average Bonchev–Trinajstić information content (AvgIpc) is 3.43. The summed E-state index contributed by atoms with van der Waals surface area (Å²) in [5.41, 5.74) is 3.18. The number of aromatic amines is 1. The standard InChI is InChI=1S/C22H20N6O/c1-15-21-23-20(17-10-6-3-7-11-17)26-28(21)13-12-27(15)22(29)19-14-18(24-25-19)16-8-4-2-5-9-16/h2-11,14-15H,12-13H2,1H3,(H,24,25)/t15-/m0/s1. The summed E-state index contributed by atoms with van der Waals surface area (Å²) >= 11 is 0. The summed E-state index contributed by atoms with van der Waals surface area (Å²) in [4.78, 5) is 19.7. The van der Waals surface area contributed by atoms with Crippen molar-refractivity contribution in [3.63, 3.8) is 0 Å². The van der Waals surface area contributed by atoms with Crippen LogP contribution in [0.15, 0.2) is 66.7 Å². The van der Waals surface area contributed by atoms with Crippen LogP contribution in [0.1, 0.15) is 29.3 Å². The Morgan fingerprint density at radius 2 is 1.69 bits per heavy atom. The van der Waals surface area contributed by atoms with Gasteiger partial charge in [0, 0.05) is 17.7 Å². The third-order valence-corrected chi connectivity index (χ3v) is 5.26. The Hall–Kier alpha value is -3.74. The van der Waals surface area contributed by atoms with E-state index in [9.17, 15) is 4.79 Å². The third kappa shape index (κ3) is 3.10. The summed E-state index contributed by atoms with van der Waals surface area (Å²) < 4.78 is 1.90. The molecular formula is C22H20N6O. The fourth-order valence-electron chi connectivity index (χ4n) is 3.69. The molecule has 29 heavy (non-hydrogen) atoms. The van der Waals surface area contributed by atoms with Gasteiger partial charge in [0.15, 0.2) is 5.82 Å². The summed E-state index contributed by atoms with van der Waals surface area (Å²) in [5, 5.41) is 11.8. The molecule has 1 N–H and O–H groups in total. The molecule has 144 valence electrons. The first-order valence-corrected chi connectivity index (χ1v) is 9.62. The van der Waals surface area contributed by atoms with Gasteiger partial charge in [0.05, 0.1) is 18.3 Å². The first-order chi connectivity index (χ1) is 14.2. The second kappa shape index (κ2) is 7.01. The lowest BCUT2D eigenvalue weighted by Crippen LogP contribution is -2.41. The Labute approximate surface area is 168 Å². The van der Waals surface area contributed by atoms with Crippen molar-refractivity contribution in [2.24, 2.45) is 0 Å². The lowest BCUT2D eigenvalue weighted by atomic mass is 10.1. The van der Waals surface area contributed by atoms with Crippen molar-refractivity contribution in [2.75, 3.05) is 6.54 Å². The molecule has 0 unspecified atom stereocenters. The van der Waals surface area contributed by atoms with Crippen LogP contribution in [0.3, 0.4) is 0 Å². The smallest absolute Gasteiger partial charge is 0.272 e. The molecule has 7 nitrogen and oxygen atoms in total. The minimum Gasteiger partial charge on any atom is -0.326 e. The van der Waals surface area contributed by atoms with E-state index in [-0.39, 0.29) is 11.9 Å². The molecule has 0 saturated heterocycles. The summed E-state index contributed by atoms with van der Waals surface area (Å²) in [6.07, 6.45) is 0. The maximum Gasteiger partial charge on any atom is 0.272 e. The highest BCUT2D eigenvalue weighted by Gasteiger charge is 2.32. The van der Waals surface area contributed by atoms with Gasteiger partial charge in [-0.05, 0) is 13.0 Å². The average molecular weight is 384 g/mol. The number of amides is 1. The molecule has 0 saturated carbocycles. The van der Waals surface area contributed by atoms with E-state index in [2.05, 4.69) is 15.3 Å². The van der Waals surface area contributed by atoms with Gasteiger partial charge in [-0.15, -0.1) is 0 Å². The summed E-state index contributed by atoms with van der Waals surface area (Å²) in [6, 6.07) is 21.3. The minimum absolute atomic E-state index is 0.0808. The largest absolute Gasteiger partial charge is 0.326 e. The van der Waals surface area contributed by atoms with Crippen LogP contribution in [-0.4, -0.2) is 42.3 Å². The van der Waals surface area contributed by atoms with Crippen LogP contribution in [0.5, 0.6) is 0 Å². The number of nitrogens with zero attached hydrogens (tertiary/aromatic N) is 5. The Kier molecular flexibility index (Phi) is 4.20. The highest BCUT2D eigenvalue weighted by molar-refractivity contribution is 5.93. The van der Waals surface area contributed by atoms with Crippen molar-refractivity contribution in [3.8, 4) is 22.6 Å². The third-order valence-electron chi connectivity index (χ3n) is 5.26. The minimum atomic E-state index is -0.176. The van der Waals surface area contributed by atoms with Crippen molar-refractivity contribution < 1.29 is 4.79 Å². The zero-order valence-corrected chi connectivity index (χ0v) is 16.0. The second-order valence-corrected chi connectivity index (χ2v) is 7.09. The summed E-state index contributed by atoms with van der Waals surface area (Å²) in [6.45, 7) is 3.18. The number of rotatable bonds is 3. The predicted octanol–water partition coefficient (Wildman–Crippen LogP) is 3.55. The second-order valence-electron chi connectivity index (χ2n) is 7.09. The first-order valence-electron chi connectivity index (χ1n) is 9.62. The van der Waals surface area contributed by atoms with Gasteiger partial charge < -0.3 is 4.90 Å². The molecule has 1 amide bonds. The number of aromatic nitrogens is 5. The summed E-state index contributed by atoms with van der Waals surface area (Å²) in [7, 11) is 0. The molecule has 3 heterocycles. The van der Waals surface area contributed by atoms with E-state index < -0.39 is 0 Å². The molecule has 0 radical (unpaired) electrons. The zero-order valence-electron chi connectivity index (χ0n) is 16.0. The maximum absolute atomic E-state index is 13.1. The number of hydrogen-bond donors (Lipinski definition) is 1. The number of carbonyl (C=O) groups is 1. The SMILES string of the molecule is C[C@H]1c2nc(-c3ccccc3)nn2CCN1C(=O)c1cc(-c2ccccc2)n[nH]1. The van der Waals surface area contributed by atoms with E-state index in [0.29, 0.717) is 24.6 Å². The van der Waals surface area contributed by atoms with Gasteiger partial charge >= 0.3 is 0 Å². The van der Waals surface area contributed by atoms with Crippen LogP contribution in [0, 0.1) is 0 Å². The Morgan fingerprint density at radius 3 is 2.41 bits per heavy atom. The van der Waals surface area contributed by atoms with Gasteiger partial charge in [-0.3, -0.25) is 9.89 Å². The van der Waals surface area contributed by atoms with Crippen LogP contribution >= 0.6 is 0 Å². The lowest BCUT2D eigenvalue weighted by Gasteiger charge is -2.32. The maximum atomic E-state index is 13.1. The molecule has 0 spiro atoms. The summed E-state index contributed by atoms with van der Waals surface area (Å²) in [5.74, 6) is 1.41. The van der Waals surface area contributed by atoms with Crippen molar-refractivity contribution in [1.82, 2.24) is 29.9 Å². The van der Waals surface area contributed by atoms with Gasteiger partial charge in [0.2, 0.25) is 0 Å². The van der Waals surface area contributed by atoms with E-state index in [1.54, 1.807) is 6.07 Å².